The molecule has 0 spiro atoms. The van der Waals surface area contributed by atoms with Crippen molar-refractivity contribution < 1.29 is 24.6 Å². The minimum atomic E-state index is -1.69. The summed E-state index contributed by atoms with van der Waals surface area (Å²) in [6.07, 6.45) is 1.32. The molecule has 0 aliphatic carbocycles. The number of carbonyl (C=O) groups excluding carboxylic acids is 1. The molecule has 0 saturated heterocycles. The molecule has 88 valence electrons. The molecule has 2 aromatic heterocycles. The quantitative estimate of drug-likeness (QED) is 0.572. The van der Waals surface area contributed by atoms with Gasteiger partial charge in [-0.1, -0.05) is 11.3 Å². The van der Waals surface area contributed by atoms with E-state index in [0.29, 0.717) is 4.83 Å². The number of carboxylic acids is 2. The predicted octanol–water partition coefficient (Wildman–Crippen LogP) is 0.346. The van der Waals surface area contributed by atoms with Crippen molar-refractivity contribution in [2.24, 2.45) is 0 Å². The van der Waals surface area contributed by atoms with Gasteiger partial charge in [0.05, 0.1) is 11.8 Å². The first kappa shape index (κ1) is 11.1. The molecular formula is C8H5N3O5S. The first-order valence-corrected chi connectivity index (χ1v) is 5.05. The normalized spacial score (nSPS) is 10.4. The highest BCUT2D eigenvalue weighted by Gasteiger charge is 2.23. The first-order chi connectivity index (χ1) is 8.00. The smallest absolute Gasteiger partial charge is 0.394 e. The highest BCUT2D eigenvalue weighted by atomic mass is 32.1. The lowest BCUT2D eigenvalue weighted by Crippen LogP contribution is -2.22. The van der Waals surface area contributed by atoms with Gasteiger partial charge in [0.15, 0.2) is 0 Å². The van der Waals surface area contributed by atoms with E-state index in [2.05, 4.69) is 9.97 Å². The van der Waals surface area contributed by atoms with Crippen LogP contribution in [0.4, 0.5) is 5.00 Å². The summed E-state index contributed by atoms with van der Waals surface area (Å²) < 4.78 is 0. The summed E-state index contributed by atoms with van der Waals surface area (Å²) in [6, 6.07) is 0. The standard InChI is InChI=1S/C8H5N3O5S/c12-4(8(15)16)11-5-2(7(13)14)3-6(17-5)10-1-9-3/h1H,(H,9,10)(H,11,12)(H,13,14)(H,15,16). The van der Waals surface area contributed by atoms with Crippen molar-refractivity contribution in [2.75, 3.05) is 5.32 Å². The molecule has 4 N–H and O–H groups in total. The number of imidazole rings is 1. The van der Waals surface area contributed by atoms with Crippen LogP contribution in [0.1, 0.15) is 10.4 Å². The average molecular weight is 255 g/mol. The Kier molecular flexibility index (Phi) is 2.52. The third kappa shape index (κ3) is 1.83. The second-order valence-electron chi connectivity index (χ2n) is 2.95. The van der Waals surface area contributed by atoms with Crippen LogP contribution in [-0.2, 0) is 9.59 Å². The van der Waals surface area contributed by atoms with Crippen LogP contribution >= 0.6 is 11.3 Å². The monoisotopic (exact) mass is 255 g/mol. The molecule has 2 heterocycles. The molecule has 0 aromatic carbocycles. The van der Waals surface area contributed by atoms with Crippen molar-refractivity contribution in [3.63, 3.8) is 0 Å². The molecule has 2 aromatic rings. The van der Waals surface area contributed by atoms with E-state index in [1.165, 1.54) is 6.33 Å². The van der Waals surface area contributed by atoms with Crippen LogP contribution in [0, 0.1) is 0 Å². The van der Waals surface area contributed by atoms with E-state index >= 15 is 0 Å². The van der Waals surface area contributed by atoms with Crippen LogP contribution in [0.15, 0.2) is 6.33 Å². The number of nitrogens with zero attached hydrogens (tertiary/aromatic N) is 1. The van der Waals surface area contributed by atoms with Crippen LogP contribution in [-0.4, -0.2) is 38.0 Å². The zero-order valence-electron chi connectivity index (χ0n) is 8.05. The van der Waals surface area contributed by atoms with Crippen molar-refractivity contribution >= 4 is 44.5 Å². The lowest BCUT2D eigenvalue weighted by Gasteiger charge is -1.99. The molecule has 9 heteroatoms. The summed E-state index contributed by atoms with van der Waals surface area (Å²) in [4.78, 5) is 39.1. The SMILES string of the molecule is O=C(O)C(=O)Nc1sc2nc[nH]c2c1C(=O)O. The number of aliphatic carboxylic acids is 1. The molecule has 0 atom stereocenters. The number of hydrogen-bond donors (Lipinski definition) is 4. The molecule has 2 rings (SSSR count). The second kappa shape index (κ2) is 3.87. The van der Waals surface area contributed by atoms with Gasteiger partial charge in [0.1, 0.15) is 15.4 Å². The lowest BCUT2D eigenvalue weighted by molar-refractivity contribution is -0.147. The Balaban J connectivity index is 2.49. The van der Waals surface area contributed by atoms with Crippen molar-refractivity contribution in [1.29, 1.82) is 0 Å². The van der Waals surface area contributed by atoms with Gasteiger partial charge in [0.25, 0.3) is 0 Å². The van der Waals surface area contributed by atoms with Gasteiger partial charge in [0.2, 0.25) is 0 Å². The maximum absolute atomic E-state index is 11.0. The number of carboxylic acid groups (broad SMARTS) is 2. The highest BCUT2D eigenvalue weighted by Crippen LogP contribution is 2.33. The van der Waals surface area contributed by atoms with Crippen LogP contribution in [0.5, 0.6) is 0 Å². The number of thiophene rings is 1. The van der Waals surface area contributed by atoms with Gasteiger partial charge in [-0.05, 0) is 0 Å². The summed E-state index contributed by atoms with van der Waals surface area (Å²) in [5, 5.41) is 19.4. The molecule has 8 nitrogen and oxygen atoms in total. The Morgan fingerprint density at radius 2 is 2.06 bits per heavy atom. The number of carbonyl (C=O) groups is 3. The molecule has 0 bridgehead atoms. The third-order valence-corrected chi connectivity index (χ3v) is 2.93. The number of hydrogen-bond acceptors (Lipinski definition) is 5. The van der Waals surface area contributed by atoms with Crippen LogP contribution in [0.3, 0.4) is 0 Å². The fraction of sp³-hybridized carbons (Fsp3) is 0. The topological polar surface area (TPSA) is 132 Å². The van der Waals surface area contributed by atoms with Gasteiger partial charge >= 0.3 is 17.8 Å². The number of nitrogens with one attached hydrogen (secondary N) is 2. The summed E-state index contributed by atoms with van der Waals surface area (Å²) in [5.74, 6) is -4.26. The lowest BCUT2D eigenvalue weighted by atomic mass is 10.3. The third-order valence-electron chi connectivity index (χ3n) is 1.92. The largest absolute Gasteiger partial charge is 0.478 e. The van der Waals surface area contributed by atoms with Crippen LogP contribution < -0.4 is 5.32 Å². The van der Waals surface area contributed by atoms with Gasteiger partial charge in [-0.2, -0.15) is 0 Å². The van der Waals surface area contributed by atoms with Gasteiger partial charge < -0.3 is 20.5 Å². The maximum Gasteiger partial charge on any atom is 0.394 e. The van der Waals surface area contributed by atoms with Crippen molar-refractivity contribution in [3.8, 4) is 0 Å². The maximum atomic E-state index is 11.0. The van der Waals surface area contributed by atoms with E-state index in [0.717, 1.165) is 11.3 Å². The number of aromatic amines is 1. The minimum Gasteiger partial charge on any atom is -0.478 e. The number of rotatable bonds is 2. The van der Waals surface area contributed by atoms with E-state index in [4.69, 9.17) is 10.2 Å². The van der Waals surface area contributed by atoms with Crippen molar-refractivity contribution in [2.45, 2.75) is 0 Å². The fourth-order valence-corrected chi connectivity index (χ4v) is 2.25. The zero-order valence-corrected chi connectivity index (χ0v) is 8.87. The molecule has 0 aliphatic heterocycles. The predicted molar refractivity (Wildman–Crippen MR) is 57.2 cm³/mol. The van der Waals surface area contributed by atoms with E-state index < -0.39 is 17.8 Å². The molecular weight excluding hydrogens is 250 g/mol. The number of aromatic carboxylic acids is 1. The molecule has 0 unspecified atom stereocenters. The summed E-state index contributed by atoms with van der Waals surface area (Å²) in [6.45, 7) is 0. The molecule has 0 aliphatic rings. The number of H-pyrrole nitrogens is 1. The second-order valence-corrected chi connectivity index (χ2v) is 3.95. The highest BCUT2D eigenvalue weighted by molar-refractivity contribution is 7.23. The Morgan fingerprint density at radius 3 is 2.65 bits per heavy atom. The Morgan fingerprint density at radius 1 is 1.35 bits per heavy atom. The van der Waals surface area contributed by atoms with E-state index in [-0.39, 0.29) is 16.1 Å². The number of amides is 1. The zero-order chi connectivity index (χ0) is 12.6. The van der Waals surface area contributed by atoms with Gasteiger partial charge in [-0.15, -0.1) is 0 Å². The van der Waals surface area contributed by atoms with E-state index in [1.54, 1.807) is 0 Å². The average Bonchev–Trinajstić information content (AvgIpc) is 2.75. The first-order valence-electron chi connectivity index (χ1n) is 4.24. The minimum absolute atomic E-state index is 0.0562. The number of anilines is 1. The van der Waals surface area contributed by atoms with Crippen molar-refractivity contribution in [1.82, 2.24) is 9.97 Å². The molecule has 0 saturated carbocycles. The van der Waals surface area contributed by atoms with E-state index in [1.807, 2.05) is 5.32 Å². The van der Waals surface area contributed by atoms with Gasteiger partial charge in [-0.3, -0.25) is 4.79 Å². The fourth-order valence-electron chi connectivity index (χ4n) is 1.25. The molecule has 0 fully saturated rings. The number of aromatic nitrogens is 2. The van der Waals surface area contributed by atoms with Crippen LogP contribution in [0.25, 0.3) is 10.3 Å². The van der Waals surface area contributed by atoms with Gasteiger partial charge in [0, 0.05) is 0 Å². The summed E-state index contributed by atoms with van der Waals surface area (Å²) >= 11 is 0.886. The van der Waals surface area contributed by atoms with E-state index in [9.17, 15) is 14.4 Å². The Hall–Kier alpha value is -2.42. The Labute approximate surface area is 96.9 Å². The molecule has 17 heavy (non-hydrogen) atoms. The number of fused-ring (bicyclic) bond motifs is 1. The Bertz CT molecular complexity index is 628. The van der Waals surface area contributed by atoms with Gasteiger partial charge in [-0.25, -0.2) is 14.6 Å². The van der Waals surface area contributed by atoms with Crippen molar-refractivity contribution in [3.05, 3.63) is 11.9 Å². The molecule has 1 amide bonds. The van der Waals surface area contributed by atoms with Crippen LogP contribution in [0.2, 0.25) is 0 Å². The summed E-state index contributed by atoms with van der Waals surface area (Å²) in [7, 11) is 0. The summed E-state index contributed by atoms with van der Waals surface area (Å²) in [5.41, 5.74) is 0.0558. The molecule has 0 radical (unpaired) electrons.